The van der Waals surface area contributed by atoms with Gasteiger partial charge in [-0.1, -0.05) is 48.0 Å². The van der Waals surface area contributed by atoms with Crippen LogP contribution in [0.4, 0.5) is 5.69 Å². The van der Waals surface area contributed by atoms with Crippen LogP contribution in [0.1, 0.15) is 11.1 Å². The molecule has 32 heavy (non-hydrogen) atoms. The topological polar surface area (TPSA) is 77.4 Å². The Hall–Kier alpha value is -3.58. The Labute approximate surface area is 187 Å². The van der Waals surface area contributed by atoms with Gasteiger partial charge >= 0.3 is 0 Å². The number of sulfone groups is 1. The van der Waals surface area contributed by atoms with Crippen LogP contribution in [0, 0.1) is 6.92 Å². The number of carbonyl (C=O) groups is 1. The molecule has 0 saturated heterocycles. The van der Waals surface area contributed by atoms with Crippen LogP contribution in [0.15, 0.2) is 83.9 Å². The number of para-hydroxylation sites is 1. The molecule has 1 N–H and O–H groups in total. The number of carbonyl (C=O) groups excluding carboxylic acids is 1. The number of aromatic nitrogens is 1. The highest BCUT2D eigenvalue weighted by molar-refractivity contribution is 7.90. The van der Waals surface area contributed by atoms with E-state index >= 15 is 0 Å². The van der Waals surface area contributed by atoms with E-state index in [1.54, 1.807) is 54.3 Å². The summed E-state index contributed by atoms with van der Waals surface area (Å²) in [5.74, 6) is 0.348. The van der Waals surface area contributed by atoms with E-state index in [1.165, 1.54) is 0 Å². The van der Waals surface area contributed by atoms with Crippen molar-refractivity contribution in [2.45, 2.75) is 24.1 Å². The molecule has 7 heteroatoms. The van der Waals surface area contributed by atoms with Crippen LogP contribution < -0.4 is 10.1 Å². The van der Waals surface area contributed by atoms with Crippen LogP contribution in [-0.4, -0.2) is 26.0 Å². The highest BCUT2D eigenvalue weighted by atomic mass is 32.2. The number of nitrogens with one attached hydrogen (secondary N) is 1. The molecule has 1 amide bonds. The van der Waals surface area contributed by atoms with Gasteiger partial charge in [0, 0.05) is 22.8 Å². The van der Waals surface area contributed by atoms with Gasteiger partial charge in [0.1, 0.15) is 12.3 Å². The Kier molecular flexibility index (Phi) is 6.01. The maximum absolute atomic E-state index is 13.2. The van der Waals surface area contributed by atoms with Gasteiger partial charge in [0.15, 0.2) is 9.84 Å². The number of benzene rings is 3. The van der Waals surface area contributed by atoms with Crippen LogP contribution >= 0.6 is 0 Å². The summed E-state index contributed by atoms with van der Waals surface area (Å²) in [5, 5.41) is 3.44. The minimum atomic E-state index is -3.60. The fourth-order valence-electron chi connectivity index (χ4n) is 3.60. The van der Waals surface area contributed by atoms with E-state index in [-0.39, 0.29) is 23.1 Å². The second-order valence-corrected chi connectivity index (χ2v) is 9.62. The first-order valence-corrected chi connectivity index (χ1v) is 11.8. The van der Waals surface area contributed by atoms with Gasteiger partial charge in [-0.3, -0.25) is 4.79 Å². The average Bonchev–Trinajstić information content (AvgIpc) is 3.15. The first-order valence-electron chi connectivity index (χ1n) is 10.2. The summed E-state index contributed by atoms with van der Waals surface area (Å²) >= 11 is 0. The summed E-state index contributed by atoms with van der Waals surface area (Å²) in [7, 11) is -2.02. The monoisotopic (exact) mass is 448 g/mol. The third-order valence-electron chi connectivity index (χ3n) is 5.25. The summed E-state index contributed by atoms with van der Waals surface area (Å²) in [6.45, 7) is 1.95. The molecule has 3 aromatic carbocycles. The summed E-state index contributed by atoms with van der Waals surface area (Å²) in [4.78, 5) is 12.9. The van der Waals surface area contributed by atoms with Crippen LogP contribution in [0.25, 0.3) is 10.9 Å². The zero-order chi connectivity index (χ0) is 22.7. The lowest BCUT2D eigenvalue weighted by Crippen LogP contribution is -2.18. The number of methoxy groups -OCH3 is 1. The van der Waals surface area contributed by atoms with Gasteiger partial charge < -0.3 is 14.6 Å². The van der Waals surface area contributed by atoms with E-state index in [0.29, 0.717) is 22.3 Å². The largest absolute Gasteiger partial charge is 0.497 e. The molecule has 0 bridgehead atoms. The zero-order valence-electron chi connectivity index (χ0n) is 17.9. The molecule has 0 radical (unpaired) electrons. The highest BCUT2D eigenvalue weighted by Crippen LogP contribution is 2.28. The molecule has 0 unspecified atom stereocenters. The van der Waals surface area contributed by atoms with Crippen molar-refractivity contribution in [2.75, 3.05) is 12.4 Å². The fourth-order valence-corrected chi connectivity index (χ4v) is 5.19. The molecule has 0 aliphatic rings. The molecule has 0 fully saturated rings. The molecule has 0 saturated carbocycles. The first kappa shape index (κ1) is 21.6. The van der Waals surface area contributed by atoms with Crippen molar-refractivity contribution in [3.63, 3.8) is 0 Å². The van der Waals surface area contributed by atoms with Crippen molar-refractivity contribution in [3.05, 3.63) is 90.1 Å². The number of ether oxygens (including phenoxy) is 1. The second-order valence-electron chi connectivity index (χ2n) is 7.66. The van der Waals surface area contributed by atoms with Crippen LogP contribution in [0.5, 0.6) is 5.75 Å². The lowest BCUT2D eigenvalue weighted by Gasteiger charge is -2.08. The Morgan fingerprint density at radius 1 is 0.969 bits per heavy atom. The number of hydrogen-bond donors (Lipinski definition) is 1. The standard InChI is InChI=1S/C25H24N2O4S/c1-18-7-9-19(10-8-18)17-32(29,30)24-15-27(23-6-4-3-5-22(23)24)16-25(28)26-20-11-13-21(31-2)14-12-20/h3-15H,16-17H2,1-2H3,(H,26,28). The number of fused-ring (bicyclic) bond motifs is 1. The third-order valence-corrected chi connectivity index (χ3v) is 6.96. The predicted molar refractivity (Wildman–Crippen MR) is 126 cm³/mol. The van der Waals surface area contributed by atoms with Gasteiger partial charge in [-0.2, -0.15) is 0 Å². The second kappa shape index (κ2) is 8.88. The molecule has 0 atom stereocenters. The van der Waals surface area contributed by atoms with E-state index in [2.05, 4.69) is 5.32 Å². The molecule has 0 aliphatic carbocycles. The summed E-state index contributed by atoms with van der Waals surface area (Å²) in [5.41, 5.74) is 3.13. The zero-order valence-corrected chi connectivity index (χ0v) is 18.7. The lowest BCUT2D eigenvalue weighted by atomic mass is 10.2. The van der Waals surface area contributed by atoms with E-state index in [4.69, 9.17) is 4.74 Å². The van der Waals surface area contributed by atoms with Crippen LogP contribution in [0.2, 0.25) is 0 Å². The number of nitrogens with zero attached hydrogens (tertiary/aromatic N) is 1. The Bertz CT molecular complexity index is 1360. The van der Waals surface area contributed by atoms with Crippen molar-refractivity contribution < 1.29 is 17.9 Å². The molecule has 4 aromatic rings. The number of amides is 1. The van der Waals surface area contributed by atoms with E-state index in [9.17, 15) is 13.2 Å². The molecule has 0 spiro atoms. The van der Waals surface area contributed by atoms with Crippen LogP contribution in [0.3, 0.4) is 0 Å². The summed E-state index contributed by atoms with van der Waals surface area (Å²) in [6.07, 6.45) is 1.56. The van der Waals surface area contributed by atoms with Gasteiger partial charge in [-0.15, -0.1) is 0 Å². The average molecular weight is 449 g/mol. The quantitative estimate of drug-likeness (QED) is 0.449. The van der Waals surface area contributed by atoms with Gasteiger partial charge in [-0.05, 0) is 42.8 Å². The molecule has 0 aliphatic heterocycles. The highest BCUT2D eigenvalue weighted by Gasteiger charge is 2.22. The van der Waals surface area contributed by atoms with Crippen molar-refractivity contribution in [1.29, 1.82) is 0 Å². The molecule has 4 rings (SSSR count). The van der Waals surface area contributed by atoms with Crippen LogP contribution in [-0.2, 0) is 26.9 Å². The summed E-state index contributed by atoms with van der Waals surface area (Å²) < 4.78 is 33.3. The van der Waals surface area contributed by atoms with Gasteiger partial charge in [0.05, 0.1) is 17.8 Å². The molecule has 6 nitrogen and oxygen atoms in total. The molecular weight excluding hydrogens is 424 g/mol. The third kappa shape index (κ3) is 4.68. The number of hydrogen-bond acceptors (Lipinski definition) is 4. The molecule has 1 heterocycles. The smallest absolute Gasteiger partial charge is 0.244 e. The van der Waals surface area contributed by atoms with E-state index in [1.807, 2.05) is 43.3 Å². The Morgan fingerprint density at radius 2 is 1.66 bits per heavy atom. The number of anilines is 1. The normalized spacial score (nSPS) is 11.4. The van der Waals surface area contributed by atoms with Gasteiger partial charge in [0.2, 0.25) is 5.91 Å². The van der Waals surface area contributed by atoms with Gasteiger partial charge in [0.25, 0.3) is 0 Å². The Balaban J connectivity index is 1.60. The van der Waals surface area contributed by atoms with Crippen molar-refractivity contribution >= 4 is 32.3 Å². The minimum Gasteiger partial charge on any atom is -0.497 e. The van der Waals surface area contributed by atoms with Crippen molar-refractivity contribution in [2.24, 2.45) is 0 Å². The predicted octanol–water partition coefficient (Wildman–Crippen LogP) is 4.57. The fraction of sp³-hybridized carbons (Fsp3) is 0.160. The molecule has 164 valence electrons. The molecular formula is C25H24N2O4S. The van der Waals surface area contributed by atoms with Crippen molar-refractivity contribution in [3.8, 4) is 5.75 Å². The maximum Gasteiger partial charge on any atom is 0.244 e. The minimum absolute atomic E-state index is 0.00735. The van der Waals surface area contributed by atoms with E-state index < -0.39 is 9.84 Å². The lowest BCUT2D eigenvalue weighted by molar-refractivity contribution is -0.116. The number of aryl methyl sites for hydroxylation is 1. The first-order chi connectivity index (χ1) is 15.4. The SMILES string of the molecule is COc1ccc(NC(=O)Cn2cc(S(=O)(=O)Cc3ccc(C)cc3)c3ccccc32)cc1. The Morgan fingerprint density at radius 3 is 2.34 bits per heavy atom. The molecule has 1 aromatic heterocycles. The van der Waals surface area contributed by atoms with Gasteiger partial charge in [-0.25, -0.2) is 8.42 Å². The van der Waals surface area contributed by atoms with Crippen molar-refractivity contribution in [1.82, 2.24) is 4.57 Å². The van der Waals surface area contributed by atoms with E-state index in [0.717, 1.165) is 11.1 Å². The maximum atomic E-state index is 13.2. The summed E-state index contributed by atoms with van der Waals surface area (Å²) in [6, 6.07) is 21.7. The number of rotatable bonds is 7.